The van der Waals surface area contributed by atoms with Gasteiger partial charge in [0.15, 0.2) is 0 Å². The SMILES string of the molecule is Cc1c(C)n2c3c(cc4ccccc4c13)B1c3c-2ccc2c3-n3c4c1cc(C(C)C)cc4c1cc(C(C)C)cc(c13)C21c2ccccc2-c2ccccc21. The number of hydrogen-bond acceptors (Lipinski definition) is 0. The topological polar surface area (TPSA) is 9.86 Å². The normalized spacial score (nSPS) is 14.9. The molecule has 4 aliphatic rings. The van der Waals surface area contributed by atoms with Crippen molar-refractivity contribution in [2.45, 2.75) is 58.8 Å². The van der Waals surface area contributed by atoms with Crippen LogP contribution in [0.2, 0.25) is 0 Å². The maximum Gasteiger partial charge on any atom is 0.252 e. The lowest BCUT2D eigenvalue weighted by molar-refractivity contribution is 0.743. The molecule has 0 fully saturated rings. The first-order valence-electron chi connectivity index (χ1n) is 19.9. The van der Waals surface area contributed by atoms with Crippen molar-refractivity contribution < 1.29 is 0 Å². The average molecular weight is 691 g/mol. The summed E-state index contributed by atoms with van der Waals surface area (Å²) in [6.45, 7) is 14.3. The largest absolute Gasteiger partial charge is 0.315 e. The molecule has 0 bridgehead atoms. The van der Waals surface area contributed by atoms with E-state index in [9.17, 15) is 0 Å². The summed E-state index contributed by atoms with van der Waals surface area (Å²) in [4.78, 5) is 0. The Morgan fingerprint density at radius 1 is 0.537 bits per heavy atom. The van der Waals surface area contributed by atoms with Gasteiger partial charge in [-0.1, -0.05) is 125 Å². The van der Waals surface area contributed by atoms with Crippen molar-refractivity contribution in [3.63, 3.8) is 0 Å². The zero-order chi connectivity index (χ0) is 36.1. The first-order valence-corrected chi connectivity index (χ1v) is 19.9. The van der Waals surface area contributed by atoms with Gasteiger partial charge in [-0.25, -0.2) is 0 Å². The number of rotatable bonds is 2. The highest BCUT2D eigenvalue weighted by atomic mass is 15.1. The number of aryl methyl sites for hydroxylation is 1. The van der Waals surface area contributed by atoms with Gasteiger partial charge in [-0.3, -0.25) is 0 Å². The molecule has 54 heavy (non-hydrogen) atoms. The molecule has 256 valence electrons. The van der Waals surface area contributed by atoms with E-state index in [0.29, 0.717) is 11.8 Å². The summed E-state index contributed by atoms with van der Waals surface area (Å²) in [6.07, 6.45) is 0. The minimum absolute atomic E-state index is 0.108. The van der Waals surface area contributed by atoms with Gasteiger partial charge in [0.1, 0.15) is 0 Å². The number of aromatic nitrogens is 2. The molecule has 1 spiro atoms. The summed E-state index contributed by atoms with van der Waals surface area (Å²) >= 11 is 0. The molecular weight excluding hydrogens is 651 g/mol. The van der Waals surface area contributed by atoms with E-state index in [-0.39, 0.29) is 6.71 Å². The molecule has 7 aromatic carbocycles. The van der Waals surface area contributed by atoms with Crippen LogP contribution < -0.4 is 16.4 Å². The van der Waals surface area contributed by atoms with Gasteiger partial charge in [0.2, 0.25) is 0 Å². The van der Waals surface area contributed by atoms with Crippen molar-refractivity contribution in [1.82, 2.24) is 9.13 Å². The van der Waals surface area contributed by atoms with Crippen molar-refractivity contribution in [1.29, 1.82) is 0 Å². The summed E-state index contributed by atoms with van der Waals surface area (Å²) < 4.78 is 5.38. The maximum atomic E-state index is 2.75. The minimum atomic E-state index is -0.450. The third kappa shape index (κ3) is 3.04. The molecule has 9 aromatic rings. The molecule has 3 aliphatic heterocycles. The van der Waals surface area contributed by atoms with Crippen LogP contribution in [0.5, 0.6) is 0 Å². The predicted octanol–water partition coefficient (Wildman–Crippen LogP) is 10.6. The highest BCUT2D eigenvalue weighted by Crippen LogP contribution is 2.62. The Morgan fingerprint density at radius 2 is 1.17 bits per heavy atom. The van der Waals surface area contributed by atoms with E-state index in [1.165, 1.54) is 127 Å². The third-order valence-electron chi connectivity index (χ3n) is 14.2. The lowest BCUT2D eigenvalue weighted by Crippen LogP contribution is -2.60. The number of benzene rings is 7. The fourth-order valence-electron chi connectivity index (χ4n) is 11.8. The summed E-state index contributed by atoms with van der Waals surface area (Å²) in [5.41, 5.74) is 24.7. The van der Waals surface area contributed by atoms with Crippen molar-refractivity contribution >= 4 is 66.6 Å². The van der Waals surface area contributed by atoms with E-state index in [1.807, 2.05) is 0 Å². The van der Waals surface area contributed by atoms with E-state index in [1.54, 1.807) is 0 Å². The van der Waals surface area contributed by atoms with Crippen LogP contribution in [0.4, 0.5) is 0 Å². The molecule has 0 amide bonds. The number of nitrogens with zero attached hydrogens (tertiary/aromatic N) is 2. The number of hydrogen-bond donors (Lipinski definition) is 0. The van der Waals surface area contributed by atoms with Crippen LogP contribution >= 0.6 is 0 Å². The molecule has 0 unspecified atom stereocenters. The van der Waals surface area contributed by atoms with Gasteiger partial charge in [-0.05, 0) is 121 Å². The summed E-state index contributed by atoms with van der Waals surface area (Å²) in [5, 5.41) is 6.89. The van der Waals surface area contributed by atoms with Crippen LogP contribution in [0.15, 0.2) is 115 Å². The van der Waals surface area contributed by atoms with Gasteiger partial charge >= 0.3 is 0 Å². The highest BCUT2D eigenvalue weighted by molar-refractivity contribution is 7.00. The van der Waals surface area contributed by atoms with Gasteiger partial charge in [-0.2, -0.15) is 0 Å². The molecule has 0 saturated heterocycles. The second kappa shape index (κ2) is 9.46. The Balaban J connectivity index is 1.34. The first kappa shape index (κ1) is 29.6. The van der Waals surface area contributed by atoms with Crippen LogP contribution in [0, 0.1) is 13.8 Å². The Labute approximate surface area is 315 Å². The second-order valence-corrected chi connectivity index (χ2v) is 17.2. The van der Waals surface area contributed by atoms with E-state index < -0.39 is 5.41 Å². The molecular formula is C51H39BN2. The second-order valence-electron chi connectivity index (χ2n) is 17.2. The lowest BCUT2D eigenvalue weighted by Gasteiger charge is -2.44. The van der Waals surface area contributed by atoms with E-state index in [2.05, 4.69) is 166 Å². The lowest BCUT2D eigenvalue weighted by atomic mass is 9.33. The maximum absolute atomic E-state index is 2.75. The van der Waals surface area contributed by atoms with Crippen molar-refractivity contribution in [3.8, 4) is 22.5 Å². The summed E-state index contributed by atoms with van der Waals surface area (Å²) in [6, 6.07) is 45.5. The van der Waals surface area contributed by atoms with Gasteiger partial charge in [0.25, 0.3) is 6.71 Å². The zero-order valence-corrected chi connectivity index (χ0v) is 31.6. The first-order chi connectivity index (χ1) is 26.3. The van der Waals surface area contributed by atoms with Crippen LogP contribution in [0.25, 0.3) is 66.0 Å². The molecule has 0 atom stereocenters. The van der Waals surface area contributed by atoms with Crippen molar-refractivity contribution in [2.24, 2.45) is 0 Å². The van der Waals surface area contributed by atoms with Crippen LogP contribution in [-0.2, 0) is 5.41 Å². The van der Waals surface area contributed by atoms with Gasteiger partial charge in [0, 0.05) is 44.3 Å². The quantitative estimate of drug-likeness (QED) is 0.160. The van der Waals surface area contributed by atoms with Crippen molar-refractivity contribution in [2.75, 3.05) is 0 Å². The van der Waals surface area contributed by atoms with Crippen LogP contribution in [0.3, 0.4) is 0 Å². The summed E-state index contributed by atoms with van der Waals surface area (Å²) in [5.74, 6) is 0.797. The van der Waals surface area contributed by atoms with Gasteiger partial charge < -0.3 is 9.13 Å². The van der Waals surface area contributed by atoms with Crippen molar-refractivity contribution in [3.05, 3.63) is 160 Å². The minimum Gasteiger partial charge on any atom is -0.315 e. The number of fused-ring (bicyclic) bond motifs is 13. The highest BCUT2D eigenvalue weighted by Gasteiger charge is 2.54. The fraction of sp³-hybridized carbons (Fsp3) is 0.176. The molecule has 1 aliphatic carbocycles. The molecule has 5 heterocycles. The molecule has 0 N–H and O–H groups in total. The van der Waals surface area contributed by atoms with E-state index in [0.717, 1.165) is 0 Å². The van der Waals surface area contributed by atoms with Gasteiger partial charge in [0.05, 0.1) is 10.9 Å². The molecule has 2 aromatic heterocycles. The predicted molar refractivity (Wildman–Crippen MR) is 228 cm³/mol. The van der Waals surface area contributed by atoms with Crippen LogP contribution in [-0.4, -0.2) is 15.8 Å². The molecule has 3 heteroatoms. The Hall–Kier alpha value is -5.80. The Bertz CT molecular complexity index is 3210. The monoisotopic (exact) mass is 690 g/mol. The van der Waals surface area contributed by atoms with E-state index in [4.69, 9.17) is 0 Å². The Morgan fingerprint density at radius 3 is 1.89 bits per heavy atom. The fourth-order valence-corrected chi connectivity index (χ4v) is 11.8. The average Bonchev–Trinajstić information content (AvgIpc) is 3.78. The molecule has 0 saturated carbocycles. The standard InChI is InChI=1S/C51H39BN2/c1-26(2)31-21-36-37-22-32(27(3)4)25-42-48(37)54-47(36)41(23-31)51(38-17-11-9-15-34(38)35-16-10-12-18-39(35)51)40-19-20-44-46(49(40)54)52(42)43-24-30-13-7-8-14-33(30)45-28(5)29(6)53(44)50(43)45/h7-27H,1-6H3. The smallest absolute Gasteiger partial charge is 0.252 e. The molecule has 2 nitrogen and oxygen atoms in total. The van der Waals surface area contributed by atoms with E-state index >= 15 is 0 Å². The third-order valence-corrected chi connectivity index (χ3v) is 14.2. The molecule has 0 radical (unpaired) electrons. The van der Waals surface area contributed by atoms with Crippen LogP contribution in [0.1, 0.15) is 84.2 Å². The zero-order valence-electron chi connectivity index (χ0n) is 31.6. The Kier molecular flexibility index (Phi) is 5.19. The summed E-state index contributed by atoms with van der Waals surface area (Å²) in [7, 11) is 0. The molecule has 13 rings (SSSR count). The van der Waals surface area contributed by atoms with Gasteiger partial charge in [-0.15, -0.1) is 0 Å².